The Bertz CT molecular complexity index is 406. The molecule has 1 aromatic carbocycles. The Balaban J connectivity index is 2.25. The maximum Gasteiger partial charge on any atom is 0.138 e. The van der Waals surface area contributed by atoms with Crippen LogP contribution in [0.2, 0.25) is 0 Å². The molecule has 0 amide bonds. The van der Waals surface area contributed by atoms with Gasteiger partial charge in [0.05, 0.1) is 5.69 Å². The fourth-order valence-electron chi connectivity index (χ4n) is 1.35. The summed E-state index contributed by atoms with van der Waals surface area (Å²) in [6, 6.07) is 7.69. The summed E-state index contributed by atoms with van der Waals surface area (Å²) < 4.78 is 1.69. The molecule has 0 aliphatic rings. The first-order valence-corrected chi connectivity index (χ1v) is 4.72. The van der Waals surface area contributed by atoms with Crippen LogP contribution in [0.1, 0.15) is 11.6 Å². The third-order valence-corrected chi connectivity index (χ3v) is 2.26. The monoisotopic (exact) mass is 203 g/mol. The van der Waals surface area contributed by atoms with Gasteiger partial charge in [0.1, 0.15) is 12.7 Å². The van der Waals surface area contributed by atoms with Crippen molar-refractivity contribution < 1.29 is 0 Å². The summed E-state index contributed by atoms with van der Waals surface area (Å²) in [6.45, 7) is 0.447. The molecule has 0 bridgehead atoms. The fraction of sp³-hybridized carbons (Fsp3) is 0.200. The summed E-state index contributed by atoms with van der Waals surface area (Å²) in [6.07, 6.45) is 3.15. The molecule has 0 aliphatic heterocycles. The molecule has 2 rings (SSSR count). The van der Waals surface area contributed by atoms with E-state index in [9.17, 15) is 0 Å². The molecule has 15 heavy (non-hydrogen) atoms. The Morgan fingerprint density at radius 3 is 2.53 bits per heavy atom. The number of rotatable bonds is 3. The van der Waals surface area contributed by atoms with Gasteiger partial charge in [0.2, 0.25) is 0 Å². The van der Waals surface area contributed by atoms with Gasteiger partial charge in [-0.3, -0.25) is 0 Å². The lowest BCUT2D eigenvalue weighted by atomic mass is 10.1. The van der Waals surface area contributed by atoms with Crippen LogP contribution in [0.3, 0.4) is 0 Å². The number of aromatic nitrogens is 3. The Morgan fingerprint density at radius 2 is 2.00 bits per heavy atom. The molecule has 0 aliphatic carbocycles. The highest BCUT2D eigenvalue weighted by molar-refractivity contribution is 5.34. The van der Waals surface area contributed by atoms with E-state index in [1.54, 1.807) is 11.0 Å². The molecule has 5 nitrogen and oxygen atoms in total. The molecule has 1 aromatic heterocycles. The van der Waals surface area contributed by atoms with Crippen molar-refractivity contribution in [3.63, 3.8) is 0 Å². The Kier molecular flexibility index (Phi) is 2.75. The van der Waals surface area contributed by atoms with E-state index >= 15 is 0 Å². The van der Waals surface area contributed by atoms with Gasteiger partial charge < -0.3 is 11.5 Å². The molecule has 2 aromatic rings. The van der Waals surface area contributed by atoms with Gasteiger partial charge in [0, 0.05) is 12.6 Å². The van der Waals surface area contributed by atoms with Crippen molar-refractivity contribution in [3.8, 4) is 5.69 Å². The maximum absolute atomic E-state index is 5.80. The number of benzene rings is 1. The Labute approximate surface area is 87.7 Å². The molecule has 78 valence electrons. The van der Waals surface area contributed by atoms with Crippen LogP contribution >= 0.6 is 0 Å². The highest BCUT2D eigenvalue weighted by Crippen LogP contribution is 2.12. The molecular weight excluding hydrogens is 190 g/mol. The van der Waals surface area contributed by atoms with E-state index in [0.29, 0.717) is 6.54 Å². The van der Waals surface area contributed by atoms with Crippen molar-refractivity contribution >= 4 is 0 Å². The first-order valence-electron chi connectivity index (χ1n) is 4.72. The average molecular weight is 203 g/mol. The highest BCUT2D eigenvalue weighted by atomic mass is 15.3. The minimum absolute atomic E-state index is 0.102. The molecule has 0 fully saturated rings. The van der Waals surface area contributed by atoms with Crippen molar-refractivity contribution in [2.24, 2.45) is 11.5 Å². The summed E-state index contributed by atoms with van der Waals surface area (Å²) in [5.41, 5.74) is 13.3. The molecule has 0 saturated carbocycles. The summed E-state index contributed by atoms with van der Waals surface area (Å²) >= 11 is 0. The van der Waals surface area contributed by atoms with E-state index in [1.807, 2.05) is 24.3 Å². The zero-order valence-corrected chi connectivity index (χ0v) is 8.24. The van der Waals surface area contributed by atoms with E-state index in [2.05, 4.69) is 10.1 Å². The second-order valence-electron chi connectivity index (χ2n) is 3.27. The first-order chi connectivity index (χ1) is 7.31. The van der Waals surface area contributed by atoms with Gasteiger partial charge in [-0.1, -0.05) is 12.1 Å². The Morgan fingerprint density at radius 1 is 1.27 bits per heavy atom. The van der Waals surface area contributed by atoms with Crippen molar-refractivity contribution in [1.82, 2.24) is 14.8 Å². The topological polar surface area (TPSA) is 82.8 Å². The van der Waals surface area contributed by atoms with E-state index in [4.69, 9.17) is 11.5 Å². The van der Waals surface area contributed by atoms with Gasteiger partial charge in [0.25, 0.3) is 0 Å². The molecule has 0 spiro atoms. The van der Waals surface area contributed by atoms with Crippen molar-refractivity contribution in [2.45, 2.75) is 6.04 Å². The SMILES string of the molecule is NC[C@H](N)c1ccc(-n2cncn2)cc1. The second-order valence-corrected chi connectivity index (χ2v) is 3.27. The number of nitrogens with two attached hydrogens (primary N) is 2. The van der Waals surface area contributed by atoms with Gasteiger partial charge in [-0.15, -0.1) is 0 Å². The van der Waals surface area contributed by atoms with E-state index < -0.39 is 0 Å². The van der Waals surface area contributed by atoms with Crippen molar-refractivity contribution in [3.05, 3.63) is 42.5 Å². The minimum Gasteiger partial charge on any atom is -0.329 e. The third kappa shape index (κ3) is 2.03. The molecule has 1 heterocycles. The van der Waals surface area contributed by atoms with Crippen LogP contribution in [0.5, 0.6) is 0 Å². The zero-order chi connectivity index (χ0) is 10.7. The lowest BCUT2D eigenvalue weighted by Crippen LogP contribution is -2.20. The molecule has 0 unspecified atom stereocenters. The van der Waals surface area contributed by atoms with Crippen LogP contribution in [0.15, 0.2) is 36.9 Å². The molecule has 0 radical (unpaired) electrons. The van der Waals surface area contributed by atoms with Gasteiger partial charge >= 0.3 is 0 Å². The largest absolute Gasteiger partial charge is 0.329 e. The molecular formula is C10H13N5. The number of nitrogens with zero attached hydrogens (tertiary/aromatic N) is 3. The summed E-state index contributed by atoms with van der Waals surface area (Å²) in [5.74, 6) is 0. The predicted octanol–water partition coefficient (Wildman–Crippen LogP) is 0.226. The standard InChI is InChI=1S/C10H13N5/c11-5-10(12)8-1-3-9(4-2-8)15-7-13-6-14-15/h1-4,6-7,10H,5,11-12H2/t10-/m0/s1. The first kappa shape index (κ1) is 9.82. The smallest absolute Gasteiger partial charge is 0.138 e. The predicted molar refractivity (Wildman–Crippen MR) is 57.3 cm³/mol. The normalized spacial score (nSPS) is 12.7. The fourth-order valence-corrected chi connectivity index (χ4v) is 1.35. The number of hydrogen-bond acceptors (Lipinski definition) is 4. The van der Waals surface area contributed by atoms with Crippen LogP contribution < -0.4 is 11.5 Å². The highest BCUT2D eigenvalue weighted by Gasteiger charge is 2.03. The van der Waals surface area contributed by atoms with E-state index in [0.717, 1.165) is 11.3 Å². The van der Waals surface area contributed by atoms with Crippen molar-refractivity contribution in [1.29, 1.82) is 0 Å². The summed E-state index contributed by atoms with van der Waals surface area (Å²) in [5, 5.41) is 4.03. The van der Waals surface area contributed by atoms with Crippen LogP contribution in [0.25, 0.3) is 5.69 Å². The zero-order valence-electron chi connectivity index (χ0n) is 8.24. The molecule has 1 atom stereocenters. The summed E-state index contributed by atoms with van der Waals surface area (Å²) in [7, 11) is 0. The quantitative estimate of drug-likeness (QED) is 0.747. The summed E-state index contributed by atoms with van der Waals surface area (Å²) in [4.78, 5) is 3.88. The number of hydrogen-bond donors (Lipinski definition) is 2. The molecule has 5 heteroatoms. The third-order valence-electron chi connectivity index (χ3n) is 2.26. The van der Waals surface area contributed by atoms with E-state index in [1.165, 1.54) is 6.33 Å². The van der Waals surface area contributed by atoms with Gasteiger partial charge in [-0.25, -0.2) is 9.67 Å². The molecule has 4 N–H and O–H groups in total. The Hall–Kier alpha value is -1.72. The van der Waals surface area contributed by atoms with Gasteiger partial charge in [-0.2, -0.15) is 5.10 Å². The van der Waals surface area contributed by atoms with Gasteiger partial charge in [0.15, 0.2) is 0 Å². The van der Waals surface area contributed by atoms with Crippen LogP contribution in [-0.4, -0.2) is 21.3 Å². The maximum atomic E-state index is 5.80. The lowest BCUT2D eigenvalue weighted by Gasteiger charge is -2.09. The van der Waals surface area contributed by atoms with Crippen LogP contribution in [0, 0.1) is 0 Å². The minimum atomic E-state index is -0.102. The van der Waals surface area contributed by atoms with Gasteiger partial charge in [-0.05, 0) is 17.7 Å². The molecule has 0 saturated heterocycles. The van der Waals surface area contributed by atoms with E-state index in [-0.39, 0.29) is 6.04 Å². The average Bonchev–Trinajstić information content (AvgIpc) is 2.82. The van der Waals surface area contributed by atoms with Crippen molar-refractivity contribution in [2.75, 3.05) is 6.54 Å². The van der Waals surface area contributed by atoms with Crippen LogP contribution in [0.4, 0.5) is 0 Å². The second kappa shape index (κ2) is 4.20. The lowest BCUT2D eigenvalue weighted by molar-refractivity contribution is 0.736. The van der Waals surface area contributed by atoms with Crippen LogP contribution in [-0.2, 0) is 0 Å².